The molecule has 0 unspecified atom stereocenters. The predicted molar refractivity (Wildman–Crippen MR) is 97.4 cm³/mol. The van der Waals surface area contributed by atoms with Crippen LogP contribution in [0.5, 0.6) is 0 Å². The third-order valence-corrected chi connectivity index (χ3v) is 4.49. The highest BCUT2D eigenvalue weighted by Gasteiger charge is 2.09. The van der Waals surface area contributed by atoms with E-state index >= 15 is 0 Å². The van der Waals surface area contributed by atoms with Gasteiger partial charge in [0.2, 0.25) is 0 Å². The molecule has 0 saturated carbocycles. The minimum absolute atomic E-state index is 0.147. The van der Waals surface area contributed by atoms with Crippen molar-refractivity contribution < 1.29 is 14.3 Å². The lowest BCUT2D eigenvalue weighted by Gasteiger charge is -2.08. The van der Waals surface area contributed by atoms with Crippen LogP contribution in [0.3, 0.4) is 0 Å². The van der Waals surface area contributed by atoms with Gasteiger partial charge in [0.05, 0.1) is 17.4 Å². The van der Waals surface area contributed by atoms with E-state index in [-0.39, 0.29) is 12.4 Å². The van der Waals surface area contributed by atoms with Gasteiger partial charge in [-0.15, -0.1) is 11.8 Å². The second-order valence-electron chi connectivity index (χ2n) is 5.46. The first-order valence-corrected chi connectivity index (χ1v) is 8.62. The molecule has 0 aromatic heterocycles. The number of benzene rings is 2. The maximum Gasteiger partial charge on any atom is 0.316 e. The predicted octanol–water partition coefficient (Wildman–Crippen LogP) is 3.45. The molecule has 5 nitrogen and oxygen atoms in total. The zero-order valence-electron chi connectivity index (χ0n) is 14.0. The smallest absolute Gasteiger partial charge is 0.316 e. The van der Waals surface area contributed by atoms with Gasteiger partial charge >= 0.3 is 5.97 Å². The monoisotopic (exact) mass is 354 g/mol. The van der Waals surface area contributed by atoms with Gasteiger partial charge < -0.3 is 10.1 Å². The summed E-state index contributed by atoms with van der Waals surface area (Å²) in [7, 11) is 0. The van der Waals surface area contributed by atoms with Gasteiger partial charge in [-0.05, 0) is 49.7 Å². The Bertz CT molecular complexity index is 810. The number of ether oxygens (including phenoxy) is 1. The quantitative estimate of drug-likeness (QED) is 0.635. The van der Waals surface area contributed by atoms with Crippen molar-refractivity contribution in [3.63, 3.8) is 0 Å². The second-order valence-corrected chi connectivity index (χ2v) is 6.47. The lowest BCUT2D eigenvalue weighted by molar-refractivity contribution is -0.144. The number of amides is 1. The van der Waals surface area contributed by atoms with Crippen LogP contribution in [0.1, 0.15) is 16.7 Å². The Morgan fingerprint density at radius 1 is 1.16 bits per heavy atom. The van der Waals surface area contributed by atoms with Crippen molar-refractivity contribution in [2.45, 2.75) is 18.7 Å². The Kier molecular flexibility index (Phi) is 6.61. The number of rotatable bonds is 6. The van der Waals surface area contributed by atoms with Gasteiger partial charge in [0.1, 0.15) is 0 Å². The first kappa shape index (κ1) is 18.6. The molecule has 6 heteroatoms. The van der Waals surface area contributed by atoms with Crippen LogP contribution in [-0.2, 0) is 14.3 Å². The SMILES string of the molecule is Cc1ccc(SCC(=O)OCC(=O)Nc2ccc(C#N)cc2)c(C)c1. The van der Waals surface area contributed by atoms with Crippen molar-refractivity contribution >= 4 is 29.3 Å². The summed E-state index contributed by atoms with van der Waals surface area (Å²) in [6.45, 7) is 3.67. The van der Waals surface area contributed by atoms with Gasteiger partial charge in [0.25, 0.3) is 5.91 Å². The average Bonchev–Trinajstić information content (AvgIpc) is 2.60. The van der Waals surface area contributed by atoms with Gasteiger partial charge in [-0.2, -0.15) is 5.26 Å². The number of nitrogens with one attached hydrogen (secondary N) is 1. The molecule has 0 bridgehead atoms. The molecule has 2 aromatic carbocycles. The lowest BCUT2D eigenvalue weighted by atomic mass is 10.2. The standard InChI is InChI=1S/C19H18N2O3S/c1-13-3-8-17(14(2)9-13)25-12-19(23)24-11-18(22)21-16-6-4-15(10-20)5-7-16/h3-9H,11-12H2,1-2H3,(H,21,22). The number of hydrogen-bond acceptors (Lipinski definition) is 5. The number of nitrogens with zero attached hydrogens (tertiary/aromatic N) is 1. The number of anilines is 1. The van der Waals surface area contributed by atoms with Crippen molar-refractivity contribution in [1.29, 1.82) is 5.26 Å². The number of nitriles is 1. The van der Waals surface area contributed by atoms with E-state index in [0.29, 0.717) is 11.3 Å². The largest absolute Gasteiger partial charge is 0.455 e. The van der Waals surface area contributed by atoms with Crippen molar-refractivity contribution in [2.75, 3.05) is 17.7 Å². The van der Waals surface area contributed by atoms with E-state index in [1.165, 1.54) is 17.3 Å². The van der Waals surface area contributed by atoms with Gasteiger partial charge in [-0.3, -0.25) is 9.59 Å². The first-order chi connectivity index (χ1) is 12.0. The summed E-state index contributed by atoms with van der Waals surface area (Å²) in [5.74, 6) is -0.719. The topological polar surface area (TPSA) is 79.2 Å². The minimum Gasteiger partial charge on any atom is -0.455 e. The average molecular weight is 354 g/mol. The molecule has 0 radical (unpaired) electrons. The van der Waals surface area contributed by atoms with Crippen molar-refractivity contribution in [1.82, 2.24) is 0 Å². The minimum atomic E-state index is -0.444. The van der Waals surface area contributed by atoms with E-state index < -0.39 is 11.9 Å². The van der Waals surface area contributed by atoms with Crippen molar-refractivity contribution in [2.24, 2.45) is 0 Å². The molecular formula is C19H18N2O3S. The molecule has 25 heavy (non-hydrogen) atoms. The second kappa shape index (κ2) is 8.90. The zero-order chi connectivity index (χ0) is 18.2. The summed E-state index contributed by atoms with van der Waals surface area (Å²) in [6, 6.07) is 14.5. The third-order valence-electron chi connectivity index (χ3n) is 3.34. The fourth-order valence-corrected chi connectivity index (χ4v) is 2.92. The van der Waals surface area contributed by atoms with E-state index in [2.05, 4.69) is 11.4 Å². The Labute approximate surface area is 151 Å². The van der Waals surface area contributed by atoms with E-state index in [9.17, 15) is 9.59 Å². The summed E-state index contributed by atoms with van der Waals surface area (Å²) in [5, 5.41) is 11.3. The maximum absolute atomic E-state index is 11.8. The number of carbonyl (C=O) groups excluding carboxylic acids is 2. The molecule has 1 N–H and O–H groups in total. The Hall–Kier alpha value is -2.78. The summed E-state index contributed by atoms with van der Waals surface area (Å²) < 4.78 is 4.98. The molecule has 1 amide bonds. The number of thioether (sulfide) groups is 1. The molecule has 0 atom stereocenters. The molecule has 0 heterocycles. The third kappa shape index (κ3) is 5.98. The van der Waals surface area contributed by atoms with Crippen LogP contribution >= 0.6 is 11.8 Å². The van der Waals surface area contributed by atoms with Crippen LogP contribution in [0.15, 0.2) is 47.4 Å². The summed E-state index contributed by atoms with van der Waals surface area (Å²) in [6.07, 6.45) is 0. The number of hydrogen-bond donors (Lipinski definition) is 1. The Morgan fingerprint density at radius 3 is 2.52 bits per heavy atom. The van der Waals surface area contributed by atoms with E-state index in [0.717, 1.165) is 10.5 Å². The van der Waals surface area contributed by atoms with Crippen molar-refractivity contribution in [3.05, 3.63) is 59.2 Å². The molecule has 0 aliphatic carbocycles. The van der Waals surface area contributed by atoms with Crippen LogP contribution in [0.4, 0.5) is 5.69 Å². The fourth-order valence-electron chi connectivity index (χ4n) is 2.11. The van der Waals surface area contributed by atoms with Gasteiger partial charge in [0, 0.05) is 10.6 Å². The summed E-state index contributed by atoms with van der Waals surface area (Å²) in [4.78, 5) is 24.6. The van der Waals surface area contributed by atoms with Gasteiger partial charge in [-0.1, -0.05) is 17.7 Å². The number of aryl methyl sites for hydroxylation is 2. The van der Waals surface area contributed by atoms with Gasteiger partial charge in [0.15, 0.2) is 6.61 Å². The van der Waals surface area contributed by atoms with Crippen molar-refractivity contribution in [3.8, 4) is 6.07 Å². The molecule has 128 valence electrons. The summed E-state index contributed by atoms with van der Waals surface area (Å²) in [5.41, 5.74) is 3.33. The normalized spacial score (nSPS) is 9.96. The van der Waals surface area contributed by atoms with Crippen LogP contribution in [0.25, 0.3) is 0 Å². The highest BCUT2D eigenvalue weighted by molar-refractivity contribution is 8.00. The summed E-state index contributed by atoms with van der Waals surface area (Å²) >= 11 is 1.39. The fraction of sp³-hybridized carbons (Fsp3) is 0.211. The van der Waals surface area contributed by atoms with Crippen LogP contribution < -0.4 is 5.32 Å². The van der Waals surface area contributed by atoms with E-state index in [1.807, 2.05) is 32.0 Å². The molecule has 2 rings (SSSR count). The Morgan fingerprint density at radius 2 is 1.88 bits per heavy atom. The molecule has 0 fully saturated rings. The van der Waals surface area contributed by atoms with Crippen LogP contribution in [0.2, 0.25) is 0 Å². The van der Waals surface area contributed by atoms with Crippen LogP contribution in [-0.4, -0.2) is 24.2 Å². The molecular weight excluding hydrogens is 336 g/mol. The molecule has 0 saturated heterocycles. The first-order valence-electron chi connectivity index (χ1n) is 7.63. The molecule has 2 aromatic rings. The highest BCUT2D eigenvalue weighted by atomic mass is 32.2. The number of esters is 1. The Balaban J connectivity index is 1.75. The molecule has 0 spiro atoms. The number of carbonyl (C=O) groups is 2. The maximum atomic E-state index is 11.8. The van der Waals surface area contributed by atoms with Crippen LogP contribution in [0, 0.1) is 25.2 Å². The highest BCUT2D eigenvalue weighted by Crippen LogP contribution is 2.23. The van der Waals surface area contributed by atoms with E-state index in [4.69, 9.17) is 10.00 Å². The van der Waals surface area contributed by atoms with Gasteiger partial charge in [-0.25, -0.2) is 0 Å². The molecule has 0 aliphatic heterocycles. The lowest BCUT2D eigenvalue weighted by Crippen LogP contribution is -2.21. The zero-order valence-corrected chi connectivity index (χ0v) is 14.9. The molecule has 0 aliphatic rings. The van der Waals surface area contributed by atoms with E-state index in [1.54, 1.807) is 24.3 Å².